The zero-order valence-electron chi connectivity index (χ0n) is 20.4. The molecule has 25 heavy (non-hydrogen) atoms. The summed E-state index contributed by atoms with van der Waals surface area (Å²) in [5, 5.41) is 8.63. The normalized spacial score (nSPS) is 13.8. The van der Waals surface area contributed by atoms with Crippen LogP contribution in [0.5, 0.6) is 0 Å². The third-order valence-corrected chi connectivity index (χ3v) is 5.43. The van der Waals surface area contributed by atoms with E-state index in [2.05, 4.69) is 69.2 Å². The lowest BCUT2D eigenvalue weighted by Crippen LogP contribution is -2.07. The molecule has 3 atom stereocenters. The van der Waals surface area contributed by atoms with E-state index in [1.54, 1.807) is 6.92 Å². The van der Waals surface area contributed by atoms with Crippen molar-refractivity contribution >= 4 is 0 Å². The minimum Gasteiger partial charge on any atom is -0.393 e. The first kappa shape index (κ1) is 32.6. The van der Waals surface area contributed by atoms with Crippen LogP contribution < -0.4 is 0 Å². The lowest BCUT2D eigenvalue weighted by Gasteiger charge is -2.14. The van der Waals surface area contributed by atoms with E-state index in [-0.39, 0.29) is 6.10 Å². The number of aliphatic hydroxyl groups excluding tert-OH is 1. The smallest absolute Gasteiger partial charge is 0.0535 e. The van der Waals surface area contributed by atoms with Crippen molar-refractivity contribution < 1.29 is 5.11 Å². The molecule has 0 amide bonds. The molecule has 1 N–H and O–H groups in total. The maximum atomic E-state index is 8.63. The standard InChI is InChI=1S/C8H18.C6H14.C5H12O.C5H12/c1-5-7(3)8(4)6-2;1-4-6(3)5-2;1-4(2)5(3)6;1-4-5(2)3/h7-8H,5-6H2,1-4H3;6H,4-5H2,1-3H3;4-6H,1-3H3;5H,4H2,1-3H3. The fourth-order valence-electron chi connectivity index (χ4n) is 1.09. The van der Waals surface area contributed by atoms with Crippen molar-refractivity contribution in [3.05, 3.63) is 0 Å². The molecule has 0 aliphatic heterocycles. The topological polar surface area (TPSA) is 20.2 Å². The summed E-state index contributed by atoms with van der Waals surface area (Å²) >= 11 is 0. The first-order valence-electron chi connectivity index (χ1n) is 11.1. The molecule has 0 aromatic heterocycles. The molecule has 0 bridgehead atoms. The van der Waals surface area contributed by atoms with Gasteiger partial charge >= 0.3 is 0 Å². The van der Waals surface area contributed by atoms with Crippen LogP contribution in [0.3, 0.4) is 0 Å². The Morgan fingerprint density at radius 2 is 0.760 bits per heavy atom. The summed E-state index contributed by atoms with van der Waals surface area (Å²) in [6.07, 6.45) is 6.47. The number of hydrogen-bond acceptors (Lipinski definition) is 1. The van der Waals surface area contributed by atoms with E-state index in [1.165, 1.54) is 32.1 Å². The Morgan fingerprint density at radius 3 is 0.800 bits per heavy atom. The quantitative estimate of drug-likeness (QED) is 0.482. The molecule has 3 unspecified atom stereocenters. The molecule has 0 radical (unpaired) electrons. The highest BCUT2D eigenvalue weighted by atomic mass is 16.3. The van der Waals surface area contributed by atoms with Crippen molar-refractivity contribution in [2.24, 2.45) is 29.6 Å². The van der Waals surface area contributed by atoms with Gasteiger partial charge in [0.15, 0.2) is 0 Å². The molecule has 0 saturated carbocycles. The Kier molecular flexibility index (Phi) is 31.3. The van der Waals surface area contributed by atoms with Crippen molar-refractivity contribution in [2.75, 3.05) is 0 Å². The third-order valence-electron chi connectivity index (χ3n) is 5.43. The Labute approximate surface area is 163 Å². The molecule has 0 saturated heterocycles. The monoisotopic (exact) mass is 360 g/mol. The third kappa shape index (κ3) is 35.8. The summed E-state index contributed by atoms with van der Waals surface area (Å²) in [5.74, 6) is 4.06. The van der Waals surface area contributed by atoms with Gasteiger partial charge in [-0.05, 0) is 36.5 Å². The summed E-state index contributed by atoms with van der Waals surface area (Å²) in [4.78, 5) is 0. The van der Waals surface area contributed by atoms with Crippen molar-refractivity contribution in [3.8, 4) is 0 Å². The molecule has 0 aliphatic rings. The van der Waals surface area contributed by atoms with Crippen molar-refractivity contribution in [2.45, 2.75) is 128 Å². The van der Waals surface area contributed by atoms with Crippen LogP contribution in [-0.2, 0) is 0 Å². The van der Waals surface area contributed by atoms with Gasteiger partial charge in [0.05, 0.1) is 6.10 Å². The Morgan fingerprint density at radius 1 is 0.520 bits per heavy atom. The second-order valence-corrected chi connectivity index (χ2v) is 8.48. The summed E-state index contributed by atoms with van der Waals surface area (Å²) in [5.41, 5.74) is 0. The van der Waals surface area contributed by atoms with Crippen LogP contribution in [0.2, 0.25) is 0 Å². The average Bonchev–Trinajstić information content (AvgIpc) is 2.60. The van der Waals surface area contributed by atoms with Gasteiger partial charge in [0, 0.05) is 0 Å². The van der Waals surface area contributed by atoms with E-state index in [0.717, 1.165) is 23.7 Å². The van der Waals surface area contributed by atoms with Gasteiger partial charge in [0.2, 0.25) is 0 Å². The maximum Gasteiger partial charge on any atom is 0.0535 e. The van der Waals surface area contributed by atoms with Gasteiger partial charge in [0.25, 0.3) is 0 Å². The van der Waals surface area contributed by atoms with E-state index in [4.69, 9.17) is 5.11 Å². The van der Waals surface area contributed by atoms with Gasteiger partial charge in [0.1, 0.15) is 0 Å². The van der Waals surface area contributed by atoms with Gasteiger partial charge in [-0.1, -0.05) is 115 Å². The second-order valence-electron chi connectivity index (χ2n) is 8.48. The van der Waals surface area contributed by atoms with E-state index in [0.29, 0.717) is 5.92 Å². The molecule has 0 rings (SSSR count). The number of aliphatic hydroxyl groups is 1. The molecule has 0 heterocycles. The fraction of sp³-hybridized carbons (Fsp3) is 1.00. The minimum atomic E-state index is -0.148. The Balaban J connectivity index is -0.000000119. The Bertz CT molecular complexity index is 190. The van der Waals surface area contributed by atoms with Crippen LogP contribution >= 0.6 is 0 Å². The molecular formula is C24H56O. The van der Waals surface area contributed by atoms with E-state index < -0.39 is 0 Å². The lowest BCUT2D eigenvalue weighted by molar-refractivity contribution is 0.144. The zero-order valence-corrected chi connectivity index (χ0v) is 20.4. The van der Waals surface area contributed by atoms with E-state index in [1.807, 2.05) is 13.8 Å². The molecule has 158 valence electrons. The predicted molar refractivity (Wildman–Crippen MR) is 120 cm³/mol. The number of hydrogen-bond donors (Lipinski definition) is 1. The lowest BCUT2D eigenvalue weighted by atomic mass is 9.92. The highest BCUT2D eigenvalue weighted by Gasteiger charge is 2.05. The highest BCUT2D eigenvalue weighted by Crippen LogP contribution is 2.16. The predicted octanol–water partition coefficient (Wildman–Crippen LogP) is 8.60. The van der Waals surface area contributed by atoms with Crippen LogP contribution in [0.15, 0.2) is 0 Å². The van der Waals surface area contributed by atoms with Gasteiger partial charge in [-0.15, -0.1) is 0 Å². The first-order chi connectivity index (χ1) is 11.4. The van der Waals surface area contributed by atoms with E-state index in [9.17, 15) is 0 Å². The zero-order chi connectivity index (χ0) is 21.0. The van der Waals surface area contributed by atoms with Gasteiger partial charge in [-0.2, -0.15) is 0 Å². The van der Waals surface area contributed by atoms with Gasteiger partial charge < -0.3 is 5.11 Å². The molecule has 1 heteroatoms. The largest absolute Gasteiger partial charge is 0.393 e. The van der Waals surface area contributed by atoms with Crippen LogP contribution in [-0.4, -0.2) is 11.2 Å². The fourth-order valence-corrected chi connectivity index (χ4v) is 1.09. The summed E-state index contributed by atoms with van der Waals surface area (Å²) < 4.78 is 0. The van der Waals surface area contributed by atoms with Crippen LogP contribution in [0.25, 0.3) is 0 Å². The summed E-state index contributed by atoms with van der Waals surface area (Å²) in [6.45, 7) is 28.3. The molecule has 0 spiro atoms. The van der Waals surface area contributed by atoms with Gasteiger partial charge in [-0.3, -0.25) is 0 Å². The van der Waals surface area contributed by atoms with Crippen molar-refractivity contribution in [1.82, 2.24) is 0 Å². The van der Waals surface area contributed by atoms with Crippen LogP contribution in [0.1, 0.15) is 122 Å². The Hall–Kier alpha value is -0.0400. The molecule has 1 nitrogen and oxygen atoms in total. The average molecular weight is 361 g/mol. The van der Waals surface area contributed by atoms with Crippen molar-refractivity contribution in [3.63, 3.8) is 0 Å². The first-order valence-corrected chi connectivity index (χ1v) is 11.1. The highest BCUT2D eigenvalue weighted by molar-refractivity contribution is 4.56. The van der Waals surface area contributed by atoms with Gasteiger partial charge in [-0.25, -0.2) is 0 Å². The molecule has 0 fully saturated rings. The van der Waals surface area contributed by atoms with Crippen LogP contribution in [0, 0.1) is 29.6 Å². The maximum absolute atomic E-state index is 8.63. The molecule has 0 aromatic rings. The second kappa shape index (κ2) is 24.0. The minimum absolute atomic E-state index is 0.148. The molecular weight excluding hydrogens is 304 g/mol. The molecule has 0 aliphatic carbocycles. The SMILES string of the molecule is CC(C)C(C)O.CCC(C)C.CCC(C)C(C)CC.CCC(C)CC. The summed E-state index contributed by atoms with van der Waals surface area (Å²) in [6, 6.07) is 0. The van der Waals surface area contributed by atoms with E-state index >= 15 is 0 Å². The van der Waals surface area contributed by atoms with Crippen LogP contribution in [0.4, 0.5) is 0 Å². The molecule has 0 aromatic carbocycles. The summed E-state index contributed by atoms with van der Waals surface area (Å²) in [7, 11) is 0. The van der Waals surface area contributed by atoms with Crippen molar-refractivity contribution in [1.29, 1.82) is 0 Å². The number of rotatable bonds is 7.